The van der Waals surface area contributed by atoms with Crippen molar-refractivity contribution in [1.82, 2.24) is 13.7 Å². The third-order valence-electron chi connectivity index (χ3n) is 29.0. The van der Waals surface area contributed by atoms with E-state index >= 15 is 0 Å². The summed E-state index contributed by atoms with van der Waals surface area (Å²) < 4.78 is 15.1. The zero-order valence-corrected chi connectivity index (χ0v) is 81.2. The standard InChI is InChI=1S/C50H32N2S.C46H30N2S.C40H26N2S/c1-2-15-37(16-3-1)52-46-22-9-8-19-44(46)50-48(52)45-21-11-23-47(49(45)53-50)51(39-30-31-43-36(32-39)25-24-34-13-5-7-18-41(34)43)38-28-26-35(27-29-38)42-20-10-14-33-12-4-6-17-40(33)42;1-3-12-31(13-4-1)32-24-26-36(27-25-32)47(37-28-29-39-34(30-37)23-22-33-14-7-8-17-38(33)39)43-21-11-19-41-44-46(49-45(41)43)40-18-9-10-20-42(40)48(44)35-15-5-2-6-16-35;1-3-13-29(14-4-1)41(31-24-25-33-28(26-31)23-22-27-12-7-8-17-32(27)33)37-21-11-19-35-38-40(43-39(35)37)34-18-9-10-20-36(34)42(38)30-15-5-2-6-16-30/h1-32H;1-30H;1-26H. The SMILES string of the molecule is c1ccc(-c2ccc(N(c3ccc4c(ccc5ccccc54)c3)c3cccc4c3sc3c5ccccc5n(-c5ccccc5)c43)cc2)cc1.c1ccc(-n2c3ccccc3c3sc4c(N(c5ccc(-c6cccc7ccccc67)cc5)c5ccc6c(ccc7ccccc76)c5)cccc4c32)cc1.c1ccc(N(c2ccc3c(ccc4ccccc43)c2)c2cccc3c2sc2c4ccccc4n(-c4ccccc4)c32)cc1. The molecule has 30 aromatic rings. The number of nitrogens with zero attached hydrogens (tertiary/aromatic N) is 6. The lowest BCUT2D eigenvalue weighted by Gasteiger charge is -2.27. The quantitative estimate of drug-likeness (QED) is 0.101. The predicted molar refractivity (Wildman–Crippen MR) is 626 cm³/mol. The molecule has 6 nitrogen and oxygen atoms in total. The van der Waals surface area contributed by atoms with E-state index in [2.05, 4.69) is 562 Å². The van der Waals surface area contributed by atoms with Crippen LogP contribution in [-0.4, -0.2) is 13.7 Å². The molecular weight excluding hydrogens is 1810 g/mol. The highest BCUT2D eigenvalue weighted by atomic mass is 32.1. The van der Waals surface area contributed by atoms with Gasteiger partial charge < -0.3 is 28.4 Å². The Morgan fingerprint density at radius 3 is 0.759 bits per heavy atom. The van der Waals surface area contributed by atoms with Crippen molar-refractivity contribution in [3.8, 4) is 39.3 Å². The first kappa shape index (κ1) is 84.8. The van der Waals surface area contributed by atoms with Crippen molar-refractivity contribution in [2.75, 3.05) is 14.7 Å². The second-order valence-corrected chi connectivity index (χ2v) is 40.3. The normalized spacial score (nSPS) is 11.7. The first-order valence-electron chi connectivity index (χ1n) is 49.4. The van der Waals surface area contributed by atoms with Gasteiger partial charge in [0.1, 0.15) is 0 Å². The van der Waals surface area contributed by atoms with Crippen LogP contribution in [0.4, 0.5) is 51.2 Å². The topological polar surface area (TPSA) is 24.5 Å². The van der Waals surface area contributed by atoms with Gasteiger partial charge in [-0.15, -0.1) is 34.0 Å². The summed E-state index contributed by atoms with van der Waals surface area (Å²) in [5.41, 5.74) is 26.2. The molecule has 0 spiro atoms. The number of fused-ring (bicyclic) bond motifs is 25. The van der Waals surface area contributed by atoms with Gasteiger partial charge >= 0.3 is 0 Å². The maximum Gasteiger partial charge on any atom is 0.0728 e. The van der Waals surface area contributed by atoms with Crippen molar-refractivity contribution in [2.24, 2.45) is 0 Å². The Morgan fingerprint density at radius 2 is 0.393 bits per heavy atom. The molecular formula is C136H88N6S3. The molecule has 0 N–H and O–H groups in total. The molecule has 0 fully saturated rings. The summed E-state index contributed by atoms with van der Waals surface area (Å²) in [4.78, 5) is 7.31. The largest absolute Gasteiger partial charge is 0.309 e. The monoisotopic (exact) mass is 1900 g/mol. The zero-order valence-electron chi connectivity index (χ0n) is 78.7. The average molecular weight is 1900 g/mol. The van der Waals surface area contributed by atoms with Gasteiger partial charge in [0.15, 0.2) is 0 Å². The Bertz CT molecular complexity index is 10300. The van der Waals surface area contributed by atoms with Gasteiger partial charge in [-0.25, -0.2) is 0 Å². The van der Waals surface area contributed by atoms with Crippen LogP contribution in [0.5, 0.6) is 0 Å². The molecule has 0 bridgehead atoms. The van der Waals surface area contributed by atoms with Crippen LogP contribution in [0.15, 0.2) is 534 Å². The van der Waals surface area contributed by atoms with Crippen LogP contribution in [0.25, 0.3) is 208 Å². The Labute approximate surface area is 849 Å². The molecule has 680 valence electrons. The number of hydrogen-bond acceptors (Lipinski definition) is 6. The summed E-state index contributed by atoms with van der Waals surface area (Å²) in [6, 6.07) is 194. The van der Waals surface area contributed by atoms with Crippen LogP contribution >= 0.6 is 34.0 Å². The Kier molecular flexibility index (Phi) is 20.8. The van der Waals surface area contributed by atoms with Gasteiger partial charge in [-0.2, -0.15) is 0 Å². The van der Waals surface area contributed by atoms with E-state index in [1.807, 2.05) is 34.0 Å². The number of para-hydroxylation sites is 7. The van der Waals surface area contributed by atoms with E-state index in [1.54, 1.807) is 0 Å². The maximum atomic E-state index is 2.45. The second-order valence-electron chi connectivity index (χ2n) is 37.3. The van der Waals surface area contributed by atoms with E-state index < -0.39 is 0 Å². The summed E-state index contributed by atoms with van der Waals surface area (Å²) in [6.07, 6.45) is 0. The zero-order chi connectivity index (χ0) is 95.5. The first-order valence-corrected chi connectivity index (χ1v) is 51.9. The van der Waals surface area contributed by atoms with E-state index in [-0.39, 0.29) is 0 Å². The highest BCUT2D eigenvalue weighted by Crippen LogP contribution is 2.55. The molecule has 24 aromatic carbocycles. The predicted octanol–water partition coefficient (Wildman–Crippen LogP) is 39.8. The number of benzene rings is 24. The highest BCUT2D eigenvalue weighted by Gasteiger charge is 2.29. The van der Waals surface area contributed by atoms with Crippen LogP contribution in [0.2, 0.25) is 0 Å². The fourth-order valence-corrected chi connectivity index (χ4v) is 26.4. The molecule has 30 rings (SSSR count). The molecule has 0 amide bonds. The van der Waals surface area contributed by atoms with Crippen molar-refractivity contribution in [2.45, 2.75) is 0 Å². The van der Waals surface area contributed by atoms with Gasteiger partial charge in [0, 0.05) is 83.5 Å². The van der Waals surface area contributed by atoms with Crippen molar-refractivity contribution >= 4 is 254 Å². The molecule has 0 unspecified atom stereocenters. The van der Waals surface area contributed by atoms with Gasteiger partial charge in [-0.3, -0.25) is 0 Å². The Balaban J connectivity index is 0.000000106. The summed E-state index contributed by atoms with van der Waals surface area (Å²) in [5.74, 6) is 0. The molecule has 0 aliphatic heterocycles. The molecule has 6 aromatic heterocycles. The summed E-state index contributed by atoms with van der Waals surface area (Å²) in [7, 11) is 0. The summed E-state index contributed by atoms with van der Waals surface area (Å²) in [6.45, 7) is 0. The lowest BCUT2D eigenvalue weighted by molar-refractivity contribution is 1.19. The Hall–Kier alpha value is -18.2. The van der Waals surface area contributed by atoms with Crippen LogP contribution in [-0.2, 0) is 0 Å². The van der Waals surface area contributed by atoms with Gasteiger partial charge in [0.25, 0.3) is 0 Å². The fourth-order valence-electron chi connectivity index (χ4n) is 22.5. The molecule has 9 heteroatoms. The molecule has 6 heterocycles. The van der Waals surface area contributed by atoms with E-state index in [9.17, 15) is 0 Å². The van der Waals surface area contributed by atoms with E-state index in [1.165, 1.54) is 225 Å². The minimum atomic E-state index is 1.12. The third-order valence-corrected chi connectivity index (χ3v) is 32.8. The van der Waals surface area contributed by atoms with Gasteiger partial charge in [0.05, 0.1) is 78.4 Å². The summed E-state index contributed by atoms with van der Waals surface area (Å²) in [5, 5.41) is 25.3. The Morgan fingerprint density at radius 1 is 0.145 bits per heavy atom. The number of aromatic nitrogens is 3. The maximum absolute atomic E-state index is 2.45. The number of thiophene rings is 3. The number of hydrogen-bond donors (Lipinski definition) is 0. The molecule has 0 aliphatic carbocycles. The average Bonchev–Trinajstić information content (AvgIpc) is 1.56. The van der Waals surface area contributed by atoms with Crippen molar-refractivity contribution < 1.29 is 0 Å². The van der Waals surface area contributed by atoms with E-state index in [0.717, 1.165) is 34.1 Å². The molecule has 0 radical (unpaired) electrons. The molecule has 0 aliphatic rings. The van der Waals surface area contributed by atoms with Crippen LogP contribution in [0, 0.1) is 0 Å². The molecule has 0 saturated carbocycles. The molecule has 145 heavy (non-hydrogen) atoms. The van der Waals surface area contributed by atoms with Crippen LogP contribution in [0.1, 0.15) is 0 Å². The van der Waals surface area contributed by atoms with Crippen molar-refractivity contribution in [3.05, 3.63) is 534 Å². The van der Waals surface area contributed by atoms with Gasteiger partial charge in [0.2, 0.25) is 0 Å². The lowest BCUT2D eigenvalue weighted by Crippen LogP contribution is -2.10. The minimum Gasteiger partial charge on any atom is -0.309 e. The lowest BCUT2D eigenvalue weighted by atomic mass is 9.98. The van der Waals surface area contributed by atoms with E-state index in [0.29, 0.717) is 0 Å². The smallest absolute Gasteiger partial charge is 0.0728 e. The second kappa shape index (κ2) is 35.5. The van der Waals surface area contributed by atoms with Crippen LogP contribution < -0.4 is 14.7 Å². The van der Waals surface area contributed by atoms with E-state index in [4.69, 9.17) is 0 Å². The molecule has 0 atom stereocenters. The highest BCUT2D eigenvalue weighted by molar-refractivity contribution is 7.28. The third kappa shape index (κ3) is 14.5. The number of anilines is 9. The minimum absolute atomic E-state index is 1.12. The van der Waals surface area contributed by atoms with Crippen molar-refractivity contribution in [3.63, 3.8) is 0 Å². The fraction of sp³-hybridized carbons (Fsp3) is 0. The van der Waals surface area contributed by atoms with Gasteiger partial charge in [-0.05, 0) is 243 Å². The summed E-state index contributed by atoms with van der Waals surface area (Å²) >= 11 is 5.68. The molecule has 0 saturated heterocycles. The van der Waals surface area contributed by atoms with Crippen molar-refractivity contribution in [1.29, 1.82) is 0 Å². The van der Waals surface area contributed by atoms with Crippen LogP contribution in [0.3, 0.4) is 0 Å². The number of rotatable bonds is 14. The van der Waals surface area contributed by atoms with Gasteiger partial charge in [-0.1, -0.05) is 388 Å². The first-order chi connectivity index (χ1) is 72.0.